The van der Waals surface area contributed by atoms with Crippen LogP contribution in [0.2, 0.25) is 0 Å². The molecule has 10 heavy (non-hydrogen) atoms. The lowest BCUT2D eigenvalue weighted by Gasteiger charge is -2.25. The minimum atomic E-state index is -0.0833. The summed E-state index contributed by atoms with van der Waals surface area (Å²) in [5, 5.41) is 0. The first kappa shape index (κ1) is 8.02. The molecule has 0 atom stereocenters. The van der Waals surface area contributed by atoms with Gasteiger partial charge in [0.25, 0.3) is 0 Å². The zero-order valence-corrected chi connectivity index (χ0v) is 6.55. The molecule has 0 aromatic rings. The molecule has 0 spiro atoms. The molecule has 4 N–H and O–H groups in total. The van der Waals surface area contributed by atoms with E-state index in [0.29, 0.717) is 0 Å². The van der Waals surface area contributed by atoms with Crippen molar-refractivity contribution in [3.05, 3.63) is 0 Å². The lowest BCUT2D eigenvalue weighted by molar-refractivity contribution is 0.285. The summed E-state index contributed by atoms with van der Waals surface area (Å²) >= 11 is 0. The maximum Gasteiger partial charge on any atom is 0.0520 e. The van der Waals surface area contributed by atoms with Crippen LogP contribution in [-0.4, -0.2) is 6.17 Å². The Labute approximate surface area is 63.0 Å². The van der Waals surface area contributed by atoms with Gasteiger partial charge in [0.05, 0.1) is 6.17 Å². The zero-order valence-electron chi connectivity index (χ0n) is 6.55. The molecule has 0 amide bonds. The summed E-state index contributed by atoms with van der Waals surface area (Å²) in [4.78, 5) is 0. The molecule has 0 heterocycles. The molecule has 0 aromatic carbocycles. The molecule has 1 fully saturated rings. The third kappa shape index (κ3) is 2.67. The van der Waals surface area contributed by atoms with Crippen LogP contribution >= 0.6 is 0 Å². The predicted octanol–water partition coefficient (Wildman–Crippen LogP) is 1.20. The fraction of sp³-hybridized carbons (Fsp3) is 1.00. The van der Waals surface area contributed by atoms with E-state index < -0.39 is 0 Å². The molecule has 0 aliphatic heterocycles. The van der Waals surface area contributed by atoms with Gasteiger partial charge in [0.15, 0.2) is 0 Å². The highest BCUT2D eigenvalue weighted by molar-refractivity contribution is 4.69. The van der Waals surface area contributed by atoms with E-state index in [1.165, 1.54) is 32.1 Å². The Morgan fingerprint density at radius 1 is 1.30 bits per heavy atom. The van der Waals surface area contributed by atoms with Crippen LogP contribution in [0.5, 0.6) is 0 Å². The summed E-state index contributed by atoms with van der Waals surface area (Å²) in [5.74, 6) is 1.01. The molecule has 1 rings (SSSR count). The second-order valence-corrected chi connectivity index (χ2v) is 3.39. The van der Waals surface area contributed by atoms with Crippen LogP contribution in [0.1, 0.15) is 38.5 Å². The van der Waals surface area contributed by atoms with Gasteiger partial charge >= 0.3 is 0 Å². The molecule has 1 saturated carbocycles. The van der Waals surface area contributed by atoms with Gasteiger partial charge in [0.1, 0.15) is 0 Å². The van der Waals surface area contributed by atoms with Crippen LogP contribution in [-0.2, 0) is 0 Å². The van der Waals surface area contributed by atoms with Gasteiger partial charge in [-0.2, -0.15) is 0 Å². The van der Waals surface area contributed by atoms with E-state index in [1.54, 1.807) is 0 Å². The maximum atomic E-state index is 5.42. The van der Waals surface area contributed by atoms with Crippen LogP contribution < -0.4 is 11.5 Å². The Balaban J connectivity index is 1.85. The van der Waals surface area contributed by atoms with Gasteiger partial charge in [0.2, 0.25) is 0 Å². The Morgan fingerprint density at radius 3 is 2.40 bits per heavy atom. The van der Waals surface area contributed by atoms with E-state index in [1.807, 2.05) is 0 Å². The first-order valence-corrected chi connectivity index (χ1v) is 4.30. The van der Waals surface area contributed by atoms with E-state index in [-0.39, 0.29) is 6.17 Å². The van der Waals surface area contributed by atoms with Gasteiger partial charge in [-0.1, -0.05) is 32.1 Å². The second kappa shape index (κ2) is 3.94. The third-order valence-corrected chi connectivity index (χ3v) is 2.37. The van der Waals surface area contributed by atoms with E-state index >= 15 is 0 Å². The average molecular weight is 142 g/mol. The Morgan fingerprint density at radius 2 is 2.00 bits per heavy atom. The molecular formula is C8H18N2. The van der Waals surface area contributed by atoms with Crippen molar-refractivity contribution in [2.75, 3.05) is 0 Å². The van der Waals surface area contributed by atoms with E-state index in [0.717, 1.165) is 12.3 Å². The largest absolute Gasteiger partial charge is 0.316 e. The van der Waals surface area contributed by atoms with Gasteiger partial charge in [-0.3, -0.25) is 0 Å². The number of hydrogen-bond acceptors (Lipinski definition) is 2. The van der Waals surface area contributed by atoms with Crippen molar-refractivity contribution in [1.29, 1.82) is 0 Å². The Kier molecular flexibility index (Phi) is 3.16. The third-order valence-electron chi connectivity index (χ3n) is 2.37. The highest BCUT2D eigenvalue weighted by Gasteiger charge is 2.16. The Hall–Kier alpha value is -0.0800. The monoisotopic (exact) mass is 142 g/mol. The van der Waals surface area contributed by atoms with Crippen molar-refractivity contribution in [2.45, 2.75) is 44.7 Å². The van der Waals surface area contributed by atoms with Crippen molar-refractivity contribution < 1.29 is 0 Å². The predicted molar refractivity (Wildman–Crippen MR) is 43.4 cm³/mol. The molecule has 0 unspecified atom stereocenters. The number of rotatable bonds is 4. The minimum Gasteiger partial charge on any atom is -0.316 e. The van der Waals surface area contributed by atoms with Crippen LogP contribution in [0, 0.1) is 5.92 Å². The summed E-state index contributed by atoms with van der Waals surface area (Å²) in [6, 6.07) is 0. The molecule has 1 aliphatic rings. The summed E-state index contributed by atoms with van der Waals surface area (Å²) in [6.07, 6.45) is 7.82. The van der Waals surface area contributed by atoms with Gasteiger partial charge in [0, 0.05) is 0 Å². The normalized spacial score (nSPS) is 19.5. The van der Waals surface area contributed by atoms with Crippen molar-refractivity contribution >= 4 is 0 Å². The summed E-state index contributed by atoms with van der Waals surface area (Å²) in [6.45, 7) is 0. The van der Waals surface area contributed by atoms with Crippen LogP contribution in [0.4, 0.5) is 0 Å². The summed E-state index contributed by atoms with van der Waals surface area (Å²) < 4.78 is 0. The molecule has 0 bridgehead atoms. The summed E-state index contributed by atoms with van der Waals surface area (Å²) in [7, 11) is 0. The Bertz CT molecular complexity index is 87.3. The maximum absolute atomic E-state index is 5.42. The van der Waals surface area contributed by atoms with Gasteiger partial charge in [-0.05, 0) is 12.3 Å². The topological polar surface area (TPSA) is 52.0 Å². The molecule has 2 heteroatoms. The van der Waals surface area contributed by atoms with Crippen molar-refractivity contribution in [3.8, 4) is 0 Å². The quantitative estimate of drug-likeness (QED) is 0.579. The molecule has 0 radical (unpaired) electrons. The van der Waals surface area contributed by atoms with Gasteiger partial charge < -0.3 is 11.5 Å². The lowest BCUT2D eigenvalue weighted by atomic mass is 9.82. The standard InChI is InChI=1S/C8H18N2/c9-8(10)6-2-5-7-3-1-4-7/h7-8H,1-6,9-10H2. The second-order valence-electron chi connectivity index (χ2n) is 3.39. The fourth-order valence-electron chi connectivity index (χ4n) is 1.42. The van der Waals surface area contributed by atoms with Crippen LogP contribution in [0.15, 0.2) is 0 Å². The van der Waals surface area contributed by atoms with Crippen LogP contribution in [0.3, 0.4) is 0 Å². The smallest absolute Gasteiger partial charge is 0.0520 e. The molecule has 1 aliphatic carbocycles. The van der Waals surface area contributed by atoms with Crippen LogP contribution in [0.25, 0.3) is 0 Å². The minimum absolute atomic E-state index is 0.0833. The van der Waals surface area contributed by atoms with E-state index in [4.69, 9.17) is 11.5 Å². The lowest BCUT2D eigenvalue weighted by Crippen LogP contribution is -2.30. The first-order chi connectivity index (χ1) is 4.79. The van der Waals surface area contributed by atoms with Gasteiger partial charge in [-0.15, -0.1) is 0 Å². The molecular weight excluding hydrogens is 124 g/mol. The fourth-order valence-corrected chi connectivity index (χ4v) is 1.42. The molecule has 0 aromatic heterocycles. The molecule has 60 valence electrons. The zero-order chi connectivity index (χ0) is 7.40. The summed E-state index contributed by atoms with van der Waals surface area (Å²) in [5.41, 5.74) is 10.8. The number of hydrogen-bond donors (Lipinski definition) is 2. The van der Waals surface area contributed by atoms with Gasteiger partial charge in [-0.25, -0.2) is 0 Å². The molecule has 2 nitrogen and oxygen atoms in total. The SMILES string of the molecule is NC(N)CCCC1CCC1. The van der Waals surface area contributed by atoms with Crippen molar-refractivity contribution in [1.82, 2.24) is 0 Å². The highest BCUT2D eigenvalue weighted by Crippen LogP contribution is 2.30. The molecule has 0 saturated heterocycles. The van der Waals surface area contributed by atoms with Crippen molar-refractivity contribution in [2.24, 2.45) is 17.4 Å². The van der Waals surface area contributed by atoms with Crippen molar-refractivity contribution in [3.63, 3.8) is 0 Å². The average Bonchev–Trinajstić information content (AvgIpc) is 1.75. The first-order valence-electron chi connectivity index (χ1n) is 4.30. The number of nitrogens with two attached hydrogens (primary N) is 2. The van der Waals surface area contributed by atoms with E-state index in [9.17, 15) is 0 Å². The van der Waals surface area contributed by atoms with E-state index in [2.05, 4.69) is 0 Å². The highest BCUT2D eigenvalue weighted by atomic mass is 14.8.